The highest BCUT2D eigenvalue weighted by molar-refractivity contribution is 5.88. The molecule has 2 heterocycles. The average molecular weight is 216 g/mol. The fraction of sp³-hybridized carbons (Fsp3) is 0.182. The molecule has 0 aliphatic carbocycles. The van der Waals surface area contributed by atoms with E-state index in [9.17, 15) is 5.11 Å². The van der Waals surface area contributed by atoms with Gasteiger partial charge in [-0.05, 0) is 17.7 Å². The van der Waals surface area contributed by atoms with Gasteiger partial charge in [-0.3, -0.25) is 4.90 Å². The summed E-state index contributed by atoms with van der Waals surface area (Å²) < 4.78 is 0. The first-order valence-electron chi connectivity index (χ1n) is 5.01. The Morgan fingerprint density at radius 3 is 3.00 bits per heavy atom. The molecule has 5 heteroatoms. The fourth-order valence-corrected chi connectivity index (χ4v) is 1.97. The van der Waals surface area contributed by atoms with E-state index in [1.165, 1.54) is 4.90 Å². The van der Waals surface area contributed by atoms with Crippen molar-refractivity contribution in [2.45, 2.75) is 5.85 Å². The first kappa shape index (κ1) is 9.23. The van der Waals surface area contributed by atoms with Crippen LogP contribution in [0.2, 0.25) is 0 Å². The summed E-state index contributed by atoms with van der Waals surface area (Å²) in [5.41, 5.74) is 8.07. The maximum absolute atomic E-state index is 10.4. The molecule has 82 valence electrons. The van der Waals surface area contributed by atoms with Crippen LogP contribution in [0, 0.1) is 0 Å². The van der Waals surface area contributed by atoms with Gasteiger partial charge in [0.1, 0.15) is 5.70 Å². The van der Waals surface area contributed by atoms with E-state index in [4.69, 9.17) is 5.73 Å². The largest absolute Gasteiger partial charge is 0.369 e. The lowest BCUT2D eigenvalue weighted by molar-refractivity contribution is 0.0131. The van der Waals surface area contributed by atoms with Gasteiger partial charge in [0.15, 0.2) is 5.96 Å². The van der Waals surface area contributed by atoms with Gasteiger partial charge in [-0.25, -0.2) is 4.99 Å². The molecule has 0 spiro atoms. The minimum atomic E-state index is -1.32. The summed E-state index contributed by atoms with van der Waals surface area (Å²) >= 11 is 0. The molecule has 0 amide bonds. The molecule has 5 nitrogen and oxygen atoms in total. The van der Waals surface area contributed by atoms with Crippen LogP contribution in [-0.4, -0.2) is 28.9 Å². The van der Waals surface area contributed by atoms with Crippen molar-refractivity contribution in [1.29, 1.82) is 0 Å². The number of benzene rings is 1. The third-order valence-electron chi connectivity index (χ3n) is 2.98. The Morgan fingerprint density at radius 2 is 2.19 bits per heavy atom. The highest BCUT2D eigenvalue weighted by Crippen LogP contribution is 2.37. The van der Waals surface area contributed by atoms with Gasteiger partial charge in [0, 0.05) is 12.7 Å². The SMILES string of the molecule is CN1C(N)=NC2=Cc3ccccc3NC21O. The predicted molar refractivity (Wildman–Crippen MR) is 62.4 cm³/mol. The minimum Gasteiger partial charge on any atom is -0.369 e. The lowest BCUT2D eigenvalue weighted by Gasteiger charge is -2.36. The number of hydrogen-bond acceptors (Lipinski definition) is 5. The van der Waals surface area contributed by atoms with E-state index in [1.807, 2.05) is 30.3 Å². The van der Waals surface area contributed by atoms with Crippen LogP contribution in [0.5, 0.6) is 0 Å². The Labute approximate surface area is 92.9 Å². The van der Waals surface area contributed by atoms with Crippen LogP contribution in [0.3, 0.4) is 0 Å². The quantitative estimate of drug-likeness (QED) is 0.585. The summed E-state index contributed by atoms with van der Waals surface area (Å²) in [7, 11) is 1.70. The number of nitrogens with two attached hydrogens (primary N) is 1. The molecule has 1 atom stereocenters. The maximum atomic E-state index is 10.4. The van der Waals surface area contributed by atoms with Crippen LogP contribution in [0.15, 0.2) is 35.0 Å². The van der Waals surface area contributed by atoms with Crippen molar-refractivity contribution in [3.63, 3.8) is 0 Å². The smallest absolute Gasteiger partial charge is 0.264 e. The van der Waals surface area contributed by atoms with Gasteiger partial charge >= 0.3 is 0 Å². The summed E-state index contributed by atoms with van der Waals surface area (Å²) in [4.78, 5) is 5.64. The number of aliphatic hydroxyl groups is 1. The monoisotopic (exact) mass is 216 g/mol. The molecule has 2 aliphatic heterocycles. The molecule has 0 fully saturated rings. The van der Waals surface area contributed by atoms with Gasteiger partial charge in [0.05, 0.1) is 0 Å². The fourth-order valence-electron chi connectivity index (χ4n) is 1.97. The minimum absolute atomic E-state index is 0.300. The number of nitrogens with one attached hydrogen (secondary N) is 1. The number of guanidine groups is 1. The van der Waals surface area contributed by atoms with Crippen molar-refractivity contribution < 1.29 is 5.11 Å². The van der Waals surface area contributed by atoms with Crippen LogP contribution < -0.4 is 11.1 Å². The molecule has 0 radical (unpaired) electrons. The van der Waals surface area contributed by atoms with Crippen molar-refractivity contribution >= 4 is 17.7 Å². The molecular formula is C11H12N4O. The van der Waals surface area contributed by atoms with Crippen LogP contribution >= 0.6 is 0 Å². The van der Waals surface area contributed by atoms with E-state index >= 15 is 0 Å². The lowest BCUT2D eigenvalue weighted by Crippen LogP contribution is -2.54. The Balaban J connectivity index is 2.17. The first-order valence-corrected chi connectivity index (χ1v) is 5.01. The van der Waals surface area contributed by atoms with E-state index in [0.29, 0.717) is 11.7 Å². The molecule has 1 aromatic carbocycles. The number of aliphatic imine (C=N–C) groups is 1. The van der Waals surface area contributed by atoms with Crippen molar-refractivity contribution in [1.82, 2.24) is 4.90 Å². The van der Waals surface area contributed by atoms with E-state index in [1.54, 1.807) is 7.05 Å². The summed E-state index contributed by atoms with van der Waals surface area (Å²) in [5, 5.41) is 13.5. The average Bonchev–Trinajstić information content (AvgIpc) is 2.49. The van der Waals surface area contributed by atoms with E-state index in [2.05, 4.69) is 10.3 Å². The Morgan fingerprint density at radius 1 is 1.44 bits per heavy atom. The third kappa shape index (κ3) is 1.00. The second-order valence-electron chi connectivity index (χ2n) is 3.94. The van der Waals surface area contributed by atoms with E-state index in [0.717, 1.165) is 11.3 Å². The van der Waals surface area contributed by atoms with E-state index in [-0.39, 0.29) is 0 Å². The van der Waals surface area contributed by atoms with Crippen molar-refractivity contribution in [2.75, 3.05) is 12.4 Å². The molecule has 16 heavy (non-hydrogen) atoms. The van der Waals surface area contributed by atoms with Crippen molar-refractivity contribution in [2.24, 2.45) is 10.7 Å². The van der Waals surface area contributed by atoms with Gasteiger partial charge in [0.2, 0.25) is 0 Å². The Hall–Kier alpha value is -2.01. The number of likely N-dealkylation sites (N-methyl/N-ethyl adjacent to an activating group) is 1. The lowest BCUT2D eigenvalue weighted by atomic mass is 10.0. The molecule has 0 aromatic heterocycles. The number of para-hydroxylation sites is 1. The van der Waals surface area contributed by atoms with Crippen LogP contribution in [0.4, 0.5) is 5.69 Å². The van der Waals surface area contributed by atoms with Gasteiger partial charge in [-0.15, -0.1) is 0 Å². The van der Waals surface area contributed by atoms with Crippen molar-refractivity contribution in [3.8, 4) is 0 Å². The molecule has 0 bridgehead atoms. The zero-order chi connectivity index (χ0) is 11.3. The first-order chi connectivity index (χ1) is 7.61. The standard InChI is InChI=1S/C11H12N4O/c1-15-10(12)13-9-6-7-4-2-3-5-8(7)14-11(9,15)16/h2-6,14,16H,1H3,(H2,12,13). The number of fused-ring (bicyclic) bond motifs is 2. The highest BCUT2D eigenvalue weighted by atomic mass is 16.3. The molecule has 0 saturated carbocycles. The van der Waals surface area contributed by atoms with Gasteiger partial charge in [-0.1, -0.05) is 18.2 Å². The zero-order valence-corrected chi connectivity index (χ0v) is 8.81. The van der Waals surface area contributed by atoms with E-state index < -0.39 is 5.85 Å². The van der Waals surface area contributed by atoms with Crippen molar-refractivity contribution in [3.05, 3.63) is 35.5 Å². The normalized spacial score (nSPS) is 26.5. The number of anilines is 1. The second-order valence-corrected chi connectivity index (χ2v) is 3.94. The van der Waals surface area contributed by atoms with Gasteiger partial charge < -0.3 is 16.2 Å². The zero-order valence-electron chi connectivity index (χ0n) is 8.81. The molecule has 0 saturated heterocycles. The summed E-state index contributed by atoms with van der Waals surface area (Å²) in [5.74, 6) is -1.02. The number of hydrogen-bond donors (Lipinski definition) is 3. The summed E-state index contributed by atoms with van der Waals surface area (Å²) in [6.07, 6.45) is 1.84. The number of rotatable bonds is 0. The van der Waals surface area contributed by atoms with Crippen LogP contribution in [0.25, 0.3) is 6.08 Å². The predicted octanol–water partition coefficient (Wildman–Crippen LogP) is 0.359. The molecule has 2 aliphatic rings. The molecule has 1 aromatic rings. The highest BCUT2D eigenvalue weighted by Gasteiger charge is 2.45. The van der Waals surface area contributed by atoms with Gasteiger partial charge in [0.25, 0.3) is 5.85 Å². The number of nitrogens with zero attached hydrogens (tertiary/aromatic N) is 2. The summed E-state index contributed by atoms with van der Waals surface area (Å²) in [6, 6.07) is 7.71. The summed E-state index contributed by atoms with van der Waals surface area (Å²) in [6.45, 7) is 0. The van der Waals surface area contributed by atoms with Crippen LogP contribution in [-0.2, 0) is 0 Å². The Kier molecular flexibility index (Phi) is 1.60. The third-order valence-corrected chi connectivity index (χ3v) is 2.98. The Bertz CT molecular complexity index is 522. The molecular weight excluding hydrogens is 204 g/mol. The molecule has 1 unspecified atom stereocenters. The topological polar surface area (TPSA) is 73.9 Å². The van der Waals surface area contributed by atoms with Gasteiger partial charge in [-0.2, -0.15) is 0 Å². The second kappa shape index (κ2) is 2.76. The molecule has 4 N–H and O–H groups in total. The van der Waals surface area contributed by atoms with Crippen LogP contribution in [0.1, 0.15) is 5.56 Å². The maximum Gasteiger partial charge on any atom is 0.264 e. The molecule has 3 rings (SSSR count).